The van der Waals surface area contributed by atoms with Crippen molar-refractivity contribution in [3.05, 3.63) is 70.3 Å². The molecular weight excluding hydrogens is 232 g/mol. The lowest BCUT2D eigenvalue weighted by atomic mass is 9.96. The lowest BCUT2D eigenvalue weighted by molar-refractivity contribution is 0.101. The first-order valence-corrected chi connectivity index (χ1v) is 6.93. The van der Waals surface area contributed by atoms with E-state index in [9.17, 15) is 4.79 Å². The standard InChI is InChI=1S/C18H18O/c1-13(19)18-12-16-6-5-14-3-2-4-15(11-14)7-9-17(18)10-8-16/h2-4,8,10-12H,5-7,9H2,1H3. The third-order valence-electron chi connectivity index (χ3n) is 3.93. The third-order valence-corrected chi connectivity index (χ3v) is 3.93. The van der Waals surface area contributed by atoms with Gasteiger partial charge in [-0.3, -0.25) is 4.79 Å². The van der Waals surface area contributed by atoms with Crippen LogP contribution in [0.3, 0.4) is 0 Å². The van der Waals surface area contributed by atoms with Crippen LogP contribution < -0.4 is 0 Å². The lowest BCUT2D eigenvalue weighted by Gasteiger charge is -2.08. The molecule has 0 N–H and O–H groups in total. The Balaban J connectivity index is 2.05. The number of Topliss-reactive ketones (excluding diaryl/α,β-unsaturated/α-hetero) is 1. The van der Waals surface area contributed by atoms with E-state index in [1.54, 1.807) is 6.92 Å². The van der Waals surface area contributed by atoms with E-state index in [1.165, 1.54) is 22.3 Å². The largest absolute Gasteiger partial charge is 0.295 e. The van der Waals surface area contributed by atoms with Gasteiger partial charge in [-0.25, -0.2) is 0 Å². The van der Waals surface area contributed by atoms with Crippen LogP contribution in [-0.2, 0) is 25.7 Å². The summed E-state index contributed by atoms with van der Waals surface area (Å²) in [6.07, 6.45) is 4.00. The van der Waals surface area contributed by atoms with Gasteiger partial charge >= 0.3 is 0 Å². The molecule has 96 valence electrons. The first kappa shape index (κ1) is 12.2. The quantitative estimate of drug-likeness (QED) is 0.704. The monoisotopic (exact) mass is 250 g/mol. The van der Waals surface area contributed by atoms with Crippen molar-refractivity contribution in [3.8, 4) is 0 Å². The van der Waals surface area contributed by atoms with Crippen LogP contribution in [0.2, 0.25) is 0 Å². The zero-order chi connectivity index (χ0) is 13.2. The van der Waals surface area contributed by atoms with Gasteiger partial charge in [-0.15, -0.1) is 0 Å². The molecule has 4 rings (SSSR count). The van der Waals surface area contributed by atoms with Crippen molar-refractivity contribution in [2.75, 3.05) is 0 Å². The first-order valence-electron chi connectivity index (χ1n) is 6.93. The van der Waals surface area contributed by atoms with E-state index in [0.717, 1.165) is 31.2 Å². The zero-order valence-electron chi connectivity index (χ0n) is 11.3. The molecule has 0 amide bonds. The molecule has 19 heavy (non-hydrogen) atoms. The number of carbonyl (C=O) groups is 1. The van der Waals surface area contributed by atoms with Crippen LogP contribution in [0.15, 0.2) is 42.5 Å². The van der Waals surface area contributed by atoms with Crippen molar-refractivity contribution in [3.63, 3.8) is 0 Å². The smallest absolute Gasteiger partial charge is 0.160 e. The van der Waals surface area contributed by atoms with Crippen molar-refractivity contribution in [2.45, 2.75) is 32.6 Å². The highest BCUT2D eigenvalue weighted by Gasteiger charge is 2.10. The number of fused-ring (bicyclic) bond motifs is 4. The van der Waals surface area contributed by atoms with Gasteiger partial charge in [0.25, 0.3) is 0 Å². The van der Waals surface area contributed by atoms with E-state index >= 15 is 0 Å². The van der Waals surface area contributed by atoms with Crippen LogP contribution in [0.4, 0.5) is 0 Å². The summed E-state index contributed by atoms with van der Waals surface area (Å²) >= 11 is 0. The number of benzene rings is 2. The van der Waals surface area contributed by atoms with Gasteiger partial charge in [0, 0.05) is 5.56 Å². The van der Waals surface area contributed by atoms with E-state index in [1.807, 2.05) is 0 Å². The second-order valence-corrected chi connectivity index (χ2v) is 5.37. The summed E-state index contributed by atoms with van der Waals surface area (Å²) in [6.45, 7) is 1.67. The van der Waals surface area contributed by atoms with Crippen LogP contribution in [0, 0.1) is 0 Å². The van der Waals surface area contributed by atoms with Gasteiger partial charge in [0.15, 0.2) is 5.78 Å². The Kier molecular flexibility index (Phi) is 3.20. The highest BCUT2D eigenvalue weighted by molar-refractivity contribution is 5.95. The average molecular weight is 250 g/mol. The second-order valence-electron chi connectivity index (χ2n) is 5.37. The molecule has 2 aliphatic carbocycles. The molecule has 0 aromatic heterocycles. The molecule has 0 fully saturated rings. The maximum atomic E-state index is 11.8. The molecule has 0 aliphatic heterocycles. The Hall–Kier alpha value is -1.89. The molecule has 0 unspecified atom stereocenters. The summed E-state index contributed by atoms with van der Waals surface area (Å²) in [5.41, 5.74) is 6.13. The molecule has 0 saturated heterocycles. The van der Waals surface area contributed by atoms with E-state index in [-0.39, 0.29) is 5.78 Å². The van der Waals surface area contributed by atoms with Gasteiger partial charge in [0.1, 0.15) is 0 Å². The van der Waals surface area contributed by atoms with Crippen LogP contribution in [-0.4, -0.2) is 5.78 Å². The second kappa shape index (κ2) is 5.00. The minimum atomic E-state index is 0.183. The molecule has 2 aromatic carbocycles. The summed E-state index contributed by atoms with van der Waals surface area (Å²) in [5.74, 6) is 0.183. The topological polar surface area (TPSA) is 17.1 Å². The highest BCUT2D eigenvalue weighted by atomic mass is 16.1. The summed E-state index contributed by atoms with van der Waals surface area (Å²) in [7, 11) is 0. The number of hydrogen-bond donors (Lipinski definition) is 0. The maximum absolute atomic E-state index is 11.8. The molecule has 1 nitrogen and oxygen atoms in total. The van der Waals surface area contributed by atoms with Gasteiger partial charge in [0.05, 0.1) is 0 Å². The van der Waals surface area contributed by atoms with Crippen LogP contribution in [0.25, 0.3) is 0 Å². The molecule has 1 heteroatoms. The molecule has 0 radical (unpaired) electrons. The van der Waals surface area contributed by atoms with E-state index in [2.05, 4.69) is 42.5 Å². The van der Waals surface area contributed by atoms with Gasteiger partial charge in [0.2, 0.25) is 0 Å². The SMILES string of the molecule is CC(=O)c1cc2ccc1CCc1cccc(c1)CC2. The fraction of sp³-hybridized carbons (Fsp3) is 0.278. The number of rotatable bonds is 1. The molecule has 0 heterocycles. The summed E-state index contributed by atoms with van der Waals surface area (Å²) in [5, 5.41) is 0. The molecule has 0 saturated carbocycles. The molecule has 4 bridgehead atoms. The number of aryl methyl sites for hydroxylation is 4. The van der Waals surface area contributed by atoms with Crippen LogP contribution in [0.5, 0.6) is 0 Å². The first-order chi connectivity index (χ1) is 9.22. The fourth-order valence-electron chi connectivity index (χ4n) is 2.83. The number of ketones is 1. The van der Waals surface area contributed by atoms with Gasteiger partial charge in [-0.05, 0) is 60.9 Å². The molecular formula is C18H18O. The summed E-state index contributed by atoms with van der Waals surface area (Å²) in [6, 6.07) is 15.2. The average Bonchev–Trinajstić information content (AvgIpc) is 2.46. The normalized spacial score (nSPS) is 13.9. The van der Waals surface area contributed by atoms with Crippen molar-refractivity contribution < 1.29 is 4.79 Å². The Morgan fingerprint density at radius 2 is 1.47 bits per heavy atom. The van der Waals surface area contributed by atoms with Crippen molar-refractivity contribution in [2.24, 2.45) is 0 Å². The fourth-order valence-corrected chi connectivity index (χ4v) is 2.83. The number of carbonyl (C=O) groups excluding carboxylic acids is 1. The highest BCUT2D eigenvalue weighted by Crippen LogP contribution is 2.20. The van der Waals surface area contributed by atoms with Gasteiger partial charge in [-0.1, -0.05) is 36.4 Å². The molecule has 2 aromatic rings. The van der Waals surface area contributed by atoms with Crippen LogP contribution in [0.1, 0.15) is 39.5 Å². The van der Waals surface area contributed by atoms with Crippen molar-refractivity contribution in [1.82, 2.24) is 0 Å². The summed E-state index contributed by atoms with van der Waals surface area (Å²) in [4.78, 5) is 11.8. The predicted octanol–water partition coefficient (Wildman–Crippen LogP) is 3.77. The third kappa shape index (κ3) is 2.60. The van der Waals surface area contributed by atoms with Crippen molar-refractivity contribution in [1.29, 1.82) is 0 Å². The lowest BCUT2D eigenvalue weighted by Crippen LogP contribution is -2.02. The number of hydrogen-bond acceptors (Lipinski definition) is 1. The maximum Gasteiger partial charge on any atom is 0.160 e. The summed E-state index contributed by atoms with van der Waals surface area (Å²) < 4.78 is 0. The molecule has 0 atom stereocenters. The predicted molar refractivity (Wildman–Crippen MR) is 77.7 cm³/mol. The zero-order valence-corrected chi connectivity index (χ0v) is 11.3. The Morgan fingerprint density at radius 3 is 2.16 bits per heavy atom. The van der Waals surface area contributed by atoms with Gasteiger partial charge in [-0.2, -0.15) is 0 Å². The Labute approximate surface area is 114 Å². The van der Waals surface area contributed by atoms with Crippen molar-refractivity contribution >= 4 is 5.78 Å². The molecule has 0 spiro atoms. The van der Waals surface area contributed by atoms with Gasteiger partial charge < -0.3 is 0 Å². The van der Waals surface area contributed by atoms with Crippen LogP contribution >= 0.6 is 0 Å². The van der Waals surface area contributed by atoms with E-state index < -0.39 is 0 Å². The van der Waals surface area contributed by atoms with E-state index in [4.69, 9.17) is 0 Å². The minimum absolute atomic E-state index is 0.183. The Bertz CT molecular complexity index is 625. The van der Waals surface area contributed by atoms with E-state index in [0.29, 0.717) is 0 Å². The Morgan fingerprint density at radius 1 is 0.842 bits per heavy atom. The molecule has 2 aliphatic rings. The minimum Gasteiger partial charge on any atom is -0.295 e.